The van der Waals surface area contributed by atoms with Crippen molar-refractivity contribution in [3.8, 4) is 12.1 Å². The van der Waals surface area contributed by atoms with Crippen LogP contribution in [0.3, 0.4) is 0 Å². The largest absolute Gasteiger partial charge is 0.361 e. The van der Waals surface area contributed by atoms with Crippen LogP contribution < -0.4 is 15.5 Å². The van der Waals surface area contributed by atoms with E-state index < -0.39 is 18.9 Å². The van der Waals surface area contributed by atoms with E-state index >= 15 is 0 Å². The molecule has 4 heterocycles. The summed E-state index contributed by atoms with van der Waals surface area (Å²) in [4.78, 5) is 17.1. The van der Waals surface area contributed by atoms with Gasteiger partial charge in [-0.3, -0.25) is 19.8 Å². The van der Waals surface area contributed by atoms with E-state index in [0.717, 1.165) is 54.7 Å². The van der Waals surface area contributed by atoms with E-state index in [1.807, 2.05) is 68.4 Å². The molecular formula is C51H52Cl5N9O4S2. The number of piperazine rings is 2. The molecule has 71 heavy (non-hydrogen) atoms. The number of nitrogens with zero attached hydrogens (tertiary/aromatic N) is 8. The monoisotopic (exact) mass is 1090 g/mol. The third-order valence-electron chi connectivity index (χ3n) is 11.7. The van der Waals surface area contributed by atoms with Gasteiger partial charge < -0.3 is 15.5 Å². The molecule has 6 aromatic rings. The van der Waals surface area contributed by atoms with Gasteiger partial charge in [0.25, 0.3) is 9.05 Å². The highest BCUT2D eigenvalue weighted by Crippen LogP contribution is 2.38. The lowest BCUT2D eigenvalue weighted by Gasteiger charge is -2.44. The van der Waals surface area contributed by atoms with E-state index in [1.165, 1.54) is 36.3 Å². The molecule has 0 radical (unpaired) electrons. The van der Waals surface area contributed by atoms with Crippen molar-refractivity contribution < 1.29 is 16.8 Å². The smallest absolute Gasteiger partial charge is 0.262 e. The van der Waals surface area contributed by atoms with Crippen LogP contribution in [0.15, 0.2) is 144 Å². The van der Waals surface area contributed by atoms with Crippen molar-refractivity contribution in [3.63, 3.8) is 0 Å². The molecule has 2 aliphatic heterocycles. The molecule has 0 amide bonds. The lowest BCUT2D eigenvalue weighted by molar-refractivity contribution is 0.202. The molecule has 0 aliphatic carbocycles. The average molecular weight is 1100 g/mol. The minimum atomic E-state index is -3.59. The van der Waals surface area contributed by atoms with E-state index in [4.69, 9.17) is 68.1 Å². The average Bonchev–Trinajstić information content (AvgIpc) is 3.35. The number of rotatable bonds is 12. The quantitative estimate of drug-likeness (QED) is 0.115. The third kappa shape index (κ3) is 15.7. The number of nitrogens with two attached hydrogens (primary N) is 1. The number of aromatic nitrogens is 2. The van der Waals surface area contributed by atoms with Crippen molar-refractivity contribution >= 4 is 87.3 Å². The summed E-state index contributed by atoms with van der Waals surface area (Å²) in [5.74, 6) is 0.00233. The fraction of sp³-hybridized carbons (Fsp3) is 0.294. The number of hydrogen-bond acceptors (Lipinski definition) is 13. The number of hydrogen-bond donors (Lipinski definition) is 1. The lowest BCUT2D eigenvalue weighted by Crippen LogP contribution is -2.51. The minimum absolute atomic E-state index is 0.00594. The van der Waals surface area contributed by atoms with Gasteiger partial charge >= 0.3 is 0 Å². The molecule has 2 fully saturated rings. The fourth-order valence-electron chi connectivity index (χ4n) is 8.54. The van der Waals surface area contributed by atoms with Crippen molar-refractivity contribution in [2.75, 3.05) is 67.9 Å². The Bertz CT molecular complexity index is 3020. The van der Waals surface area contributed by atoms with Crippen LogP contribution >= 0.6 is 57.1 Å². The lowest BCUT2D eigenvalue weighted by atomic mass is 10.00. The van der Waals surface area contributed by atoms with E-state index in [-0.39, 0.29) is 39.6 Å². The van der Waals surface area contributed by atoms with Crippen LogP contribution in [-0.2, 0) is 18.9 Å². The minimum Gasteiger partial charge on any atom is -0.361 e. The Labute approximate surface area is 441 Å². The Morgan fingerprint density at radius 1 is 0.634 bits per heavy atom. The van der Waals surface area contributed by atoms with Gasteiger partial charge in [0, 0.05) is 104 Å². The number of anilines is 2. The van der Waals surface area contributed by atoms with Crippen molar-refractivity contribution in [2.24, 2.45) is 11.7 Å². The number of pyridine rings is 2. The van der Waals surface area contributed by atoms with Crippen LogP contribution in [0.2, 0.25) is 20.1 Å². The highest BCUT2D eigenvalue weighted by Gasteiger charge is 2.32. The van der Waals surface area contributed by atoms with Crippen LogP contribution in [-0.4, -0.2) is 101 Å². The summed E-state index contributed by atoms with van der Waals surface area (Å²) >= 11 is 25.3. The standard InChI is InChI=1S/C26H26Cl2N4O2S.C20H22Cl2N4.C5H4ClNO2S/c1-19(18-35(33,34)23-3-2-10-30-15-23)16-31-11-12-32(25-9-4-20(14-29)13-24(25)28)26(17-31)21-5-7-22(27)8-6-21;1-14(24)12-25-8-9-26(19-7-2-15(11-23)10-18(19)22)20(13-25)16-3-5-17(21)6-4-16;6-10(8,9)5-2-1-3-7-4-5/h2-10,13,15,19,26H,11-12,16-18H2,1H3;2-7,10,14,20H,8-9,12-13,24H2,1H3;1-4H/t19-,26-;14-,20-;/m00./s1. The van der Waals surface area contributed by atoms with Crippen molar-refractivity contribution in [1.82, 2.24) is 19.8 Å². The highest BCUT2D eigenvalue weighted by atomic mass is 35.7. The number of halogens is 5. The summed E-state index contributed by atoms with van der Waals surface area (Å²) in [6, 6.07) is 37.2. The third-order valence-corrected chi connectivity index (χ3v) is 16.2. The zero-order chi connectivity index (χ0) is 51.3. The SMILES string of the molecule is C[C@@H](CN1CCN(c2ccc(C#N)cc2Cl)[C@H](c2ccc(Cl)cc2)C1)CS(=O)(=O)c1cccnc1.C[C@H](N)CN1CCN(c2ccc(C#N)cc2Cl)[C@H](c2ccc(Cl)cc2)C1.O=S(=O)(Cl)c1cccnc1. The fourth-order valence-corrected chi connectivity index (χ4v) is 11.6. The summed E-state index contributed by atoms with van der Waals surface area (Å²) < 4.78 is 46.7. The molecule has 2 saturated heterocycles. The normalized spacial score (nSPS) is 17.3. The number of nitriles is 2. The number of benzene rings is 4. The zero-order valence-corrected chi connectivity index (χ0v) is 44.3. The van der Waals surface area contributed by atoms with Crippen molar-refractivity contribution in [1.29, 1.82) is 10.5 Å². The Balaban J connectivity index is 0.000000200. The summed E-state index contributed by atoms with van der Waals surface area (Å²) in [7, 11) is -2.01. The Hall–Kier alpha value is -5.01. The Morgan fingerprint density at radius 3 is 1.44 bits per heavy atom. The summed E-state index contributed by atoms with van der Waals surface area (Å²) in [6.07, 6.45) is 5.64. The molecule has 372 valence electrons. The maximum absolute atomic E-state index is 12.8. The van der Waals surface area contributed by atoms with Crippen LogP contribution in [0.5, 0.6) is 0 Å². The first-order valence-electron chi connectivity index (χ1n) is 22.5. The molecule has 0 unspecified atom stereocenters. The molecule has 2 aromatic heterocycles. The van der Waals surface area contributed by atoms with Gasteiger partial charge in [0.1, 0.15) is 4.90 Å². The highest BCUT2D eigenvalue weighted by molar-refractivity contribution is 8.13. The second-order valence-corrected chi connectivity index (χ2v) is 23.6. The second kappa shape index (κ2) is 25.6. The molecule has 8 rings (SSSR count). The number of sulfone groups is 1. The Morgan fingerprint density at radius 2 is 1.07 bits per heavy atom. The van der Waals surface area contributed by atoms with Gasteiger partial charge in [-0.15, -0.1) is 0 Å². The molecule has 20 heteroatoms. The van der Waals surface area contributed by atoms with Gasteiger partial charge in [-0.2, -0.15) is 10.5 Å². The van der Waals surface area contributed by atoms with E-state index in [1.54, 1.807) is 36.5 Å². The topological polar surface area (TPSA) is 181 Å². The first-order valence-corrected chi connectivity index (χ1v) is 27.9. The zero-order valence-electron chi connectivity index (χ0n) is 38.9. The molecular weight excluding hydrogens is 1040 g/mol. The molecule has 4 atom stereocenters. The summed E-state index contributed by atoms with van der Waals surface area (Å²) in [5.41, 5.74) is 11.2. The summed E-state index contributed by atoms with van der Waals surface area (Å²) in [6.45, 7) is 10.3. The van der Waals surface area contributed by atoms with Crippen LogP contribution in [0, 0.1) is 28.6 Å². The van der Waals surface area contributed by atoms with Crippen molar-refractivity contribution in [3.05, 3.63) is 176 Å². The molecule has 13 nitrogen and oxygen atoms in total. The molecule has 0 spiro atoms. The first kappa shape index (κ1) is 55.3. The predicted octanol–water partition coefficient (Wildman–Crippen LogP) is 10.3. The van der Waals surface area contributed by atoms with E-state index in [2.05, 4.69) is 53.8 Å². The van der Waals surface area contributed by atoms with Crippen molar-refractivity contribution in [2.45, 2.75) is 41.8 Å². The van der Waals surface area contributed by atoms with Gasteiger partial charge in [-0.25, -0.2) is 16.8 Å². The van der Waals surface area contributed by atoms with E-state index in [9.17, 15) is 22.1 Å². The van der Waals surface area contributed by atoms with Gasteiger partial charge in [0.2, 0.25) is 0 Å². The first-order chi connectivity index (χ1) is 33.8. The summed E-state index contributed by atoms with van der Waals surface area (Å²) in [5, 5.41) is 20.8. The van der Waals surface area contributed by atoms with Gasteiger partial charge in [0.15, 0.2) is 9.84 Å². The van der Waals surface area contributed by atoms with Gasteiger partial charge in [-0.1, -0.05) is 77.6 Å². The second-order valence-electron chi connectivity index (χ2n) is 17.3. The Kier molecular flexibility index (Phi) is 19.9. The van der Waals surface area contributed by atoms with E-state index in [0.29, 0.717) is 45.8 Å². The molecule has 0 saturated carbocycles. The molecule has 0 bridgehead atoms. The van der Waals surface area contributed by atoms with Crippen LogP contribution in [0.1, 0.15) is 48.2 Å². The van der Waals surface area contributed by atoms with Crippen LogP contribution in [0.25, 0.3) is 0 Å². The molecule has 4 aromatic carbocycles. The van der Waals surface area contributed by atoms with Gasteiger partial charge in [-0.05, 0) is 109 Å². The van der Waals surface area contributed by atoms with Crippen LogP contribution in [0.4, 0.5) is 11.4 Å². The molecule has 2 N–H and O–H groups in total. The predicted molar refractivity (Wildman–Crippen MR) is 285 cm³/mol. The molecule has 2 aliphatic rings. The maximum Gasteiger partial charge on any atom is 0.262 e. The van der Waals surface area contributed by atoms with Gasteiger partial charge in [0.05, 0.1) is 67.4 Å². The maximum atomic E-state index is 12.8.